The molecule has 3 rings (SSSR count). The van der Waals surface area contributed by atoms with Crippen molar-refractivity contribution in [1.82, 2.24) is 0 Å². The first-order chi connectivity index (χ1) is 12.9. The van der Waals surface area contributed by atoms with E-state index in [1.807, 2.05) is 48.5 Å². The zero-order valence-electron chi connectivity index (χ0n) is 15.1. The molecule has 27 heavy (non-hydrogen) atoms. The molecule has 0 aliphatic heterocycles. The van der Waals surface area contributed by atoms with Gasteiger partial charge < -0.3 is 14.6 Å². The second kappa shape index (κ2) is 7.71. The second-order valence-corrected chi connectivity index (χ2v) is 7.03. The van der Waals surface area contributed by atoms with Crippen molar-refractivity contribution in [2.24, 2.45) is 0 Å². The smallest absolute Gasteiger partial charge is 0.336 e. The Morgan fingerprint density at radius 1 is 1.22 bits per heavy atom. The predicted octanol–water partition coefficient (Wildman–Crippen LogP) is 4.29. The highest BCUT2D eigenvalue weighted by Crippen LogP contribution is 2.55. The molecule has 6 heteroatoms. The number of halogens is 1. The predicted molar refractivity (Wildman–Crippen MR) is 102 cm³/mol. The van der Waals surface area contributed by atoms with E-state index in [0.29, 0.717) is 11.4 Å². The first kappa shape index (κ1) is 19.4. The Morgan fingerprint density at radius 3 is 2.52 bits per heavy atom. The van der Waals surface area contributed by atoms with Crippen molar-refractivity contribution in [3.05, 3.63) is 59.1 Å². The molecule has 0 saturated heterocycles. The lowest BCUT2D eigenvalue weighted by molar-refractivity contribution is -0.171. The maximum absolute atomic E-state index is 11.8. The third-order valence-electron chi connectivity index (χ3n) is 4.75. The van der Waals surface area contributed by atoms with Crippen molar-refractivity contribution >= 4 is 23.5 Å². The van der Waals surface area contributed by atoms with Crippen LogP contribution in [-0.4, -0.2) is 35.4 Å². The van der Waals surface area contributed by atoms with E-state index in [1.165, 1.54) is 6.92 Å². The minimum absolute atomic E-state index is 0.223. The van der Waals surface area contributed by atoms with Crippen LogP contribution >= 0.6 is 11.6 Å². The van der Waals surface area contributed by atoms with E-state index in [-0.39, 0.29) is 12.5 Å². The van der Waals surface area contributed by atoms with Crippen molar-refractivity contribution < 1.29 is 24.2 Å². The standard InChI is InChI=1S/C21H21ClO5/c1-3-26-19(23)13(2)27-21(20(24)25)12-18(21)15-9-7-14(8-10-15)16-5-4-6-17(22)11-16/h4-11,13,18H,3,12H2,1-2H3,(H,24,25)/t13-,18-,21?/m0/s1. The molecule has 142 valence electrons. The minimum atomic E-state index is -1.39. The Kier molecular flexibility index (Phi) is 5.53. The molecule has 1 aliphatic carbocycles. The lowest BCUT2D eigenvalue weighted by Crippen LogP contribution is -2.36. The van der Waals surface area contributed by atoms with Gasteiger partial charge in [-0.25, -0.2) is 9.59 Å². The number of hydrogen-bond donors (Lipinski definition) is 1. The number of carboxylic acids is 1. The number of aliphatic carboxylic acids is 1. The summed E-state index contributed by atoms with van der Waals surface area (Å²) in [6.07, 6.45) is -0.612. The molecule has 1 N–H and O–H groups in total. The van der Waals surface area contributed by atoms with E-state index in [0.717, 1.165) is 16.7 Å². The first-order valence-corrected chi connectivity index (χ1v) is 9.19. The van der Waals surface area contributed by atoms with E-state index < -0.39 is 23.6 Å². The van der Waals surface area contributed by atoms with Crippen LogP contribution in [0.3, 0.4) is 0 Å². The summed E-state index contributed by atoms with van der Waals surface area (Å²) in [4.78, 5) is 23.6. The molecule has 1 aliphatic rings. The zero-order valence-corrected chi connectivity index (χ0v) is 15.9. The van der Waals surface area contributed by atoms with Crippen molar-refractivity contribution in [2.75, 3.05) is 6.61 Å². The molecule has 0 aromatic heterocycles. The molecule has 5 nitrogen and oxygen atoms in total. The average Bonchev–Trinajstić information content (AvgIpc) is 3.37. The third kappa shape index (κ3) is 3.99. The number of benzene rings is 2. The van der Waals surface area contributed by atoms with Gasteiger partial charge in [-0.15, -0.1) is 0 Å². The normalized spacial score (nSPS) is 22.1. The van der Waals surface area contributed by atoms with E-state index in [2.05, 4.69) is 0 Å². The lowest BCUT2D eigenvalue weighted by Gasteiger charge is -2.19. The summed E-state index contributed by atoms with van der Waals surface area (Å²) in [5.41, 5.74) is 1.45. The molecular weight excluding hydrogens is 368 g/mol. The summed E-state index contributed by atoms with van der Waals surface area (Å²) >= 11 is 6.04. The van der Waals surface area contributed by atoms with Gasteiger partial charge in [0.1, 0.15) is 0 Å². The van der Waals surface area contributed by atoms with Gasteiger partial charge in [-0.05, 0) is 49.1 Å². The molecule has 1 fully saturated rings. The number of carbonyl (C=O) groups is 2. The molecule has 0 spiro atoms. The monoisotopic (exact) mass is 388 g/mol. The zero-order chi connectivity index (χ0) is 19.6. The Hall–Kier alpha value is -2.37. The molecule has 0 bridgehead atoms. The molecule has 1 saturated carbocycles. The van der Waals surface area contributed by atoms with Crippen LogP contribution in [0.15, 0.2) is 48.5 Å². The Morgan fingerprint density at radius 2 is 1.93 bits per heavy atom. The van der Waals surface area contributed by atoms with E-state index in [1.54, 1.807) is 6.92 Å². The quantitative estimate of drug-likeness (QED) is 0.716. The number of ether oxygens (including phenoxy) is 2. The molecule has 2 aromatic carbocycles. The van der Waals surface area contributed by atoms with Crippen LogP contribution in [0.25, 0.3) is 11.1 Å². The van der Waals surface area contributed by atoms with Crippen molar-refractivity contribution in [1.29, 1.82) is 0 Å². The maximum atomic E-state index is 11.8. The molecule has 1 unspecified atom stereocenters. The van der Waals surface area contributed by atoms with Crippen molar-refractivity contribution in [3.63, 3.8) is 0 Å². The summed E-state index contributed by atoms with van der Waals surface area (Å²) in [6, 6.07) is 15.2. The number of esters is 1. The summed E-state index contributed by atoms with van der Waals surface area (Å²) < 4.78 is 10.5. The summed E-state index contributed by atoms with van der Waals surface area (Å²) in [5, 5.41) is 10.3. The Balaban J connectivity index is 1.76. The van der Waals surface area contributed by atoms with Crippen LogP contribution < -0.4 is 0 Å². The number of rotatable bonds is 7. The number of hydrogen-bond acceptors (Lipinski definition) is 4. The highest BCUT2D eigenvalue weighted by Gasteiger charge is 2.64. The fraction of sp³-hybridized carbons (Fsp3) is 0.333. The average molecular weight is 389 g/mol. The molecule has 0 heterocycles. The fourth-order valence-corrected chi connectivity index (χ4v) is 3.44. The van der Waals surface area contributed by atoms with Gasteiger partial charge in [0.2, 0.25) is 0 Å². The topological polar surface area (TPSA) is 72.8 Å². The van der Waals surface area contributed by atoms with Crippen LogP contribution in [-0.2, 0) is 19.1 Å². The van der Waals surface area contributed by atoms with Gasteiger partial charge in [0, 0.05) is 10.9 Å². The van der Waals surface area contributed by atoms with Crippen LogP contribution in [0.1, 0.15) is 31.7 Å². The first-order valence-electron chi connectivity index (χ1n) is 8.81. The van der Waals surface area contributed by atoms with Crippen LogP contribution in [0.4, 0.5) is 0 Å². The van der Waals surface area contributed by atoms with Crippen LogP contribution in [0.5, 0.6) is 0 Å². The van der Waals surface area contributed by atoms with Gasteiger partial charge >= 0.3 is 11.9 Å². The molecular formula is C21H21ClO5. The van der Waals surface area contributed by atoms with E-state index >= 15 is 0 Å². The summed E-state index contributed by atoms with van der Waals surface area (Å²) in [6.45, 7) is 3.43. The molecule has 0 amide bonds. The van der Waals surface area contributed by atoms with E-state index in [4.69, 9.17) is 21.1 Å². The SMILES string of the molecule is CCOC(=O)[C@H](C)OC1(C(=O)O)C[C@H]1c1ccc(-c2cccc(Cl)c2)cc1. The Labute approximate surface area is 162 Å². The van der Waals surface area contributed by atoms with Crippen LogP contribution in [0, 0.1) is 0 Å². The van der Waals surface area contributed by atoms with Crippen molar-refractivity contribution in [2.45, 2.75) is 37.9 Å². The van der Waals surface area contributed by atoms with Gasteiger partial charge in [-0.3, -0.25) is 0 Å². The highest BCUT2D eigenvalue weighted by atomic mass is 35.5. The van der Waals surface area contributed by atoms with Gasteiger partial charge in [0.05, 0.1) is 6.61 Å². The molecule has 2 aromatic rings. The molecule has 3 atom stereocenters. The van der Waals surface area contributed by atoms with Crippen LogP contribution in [0.2, 0.25) is 5.02 Å². The number of carboxylic acid groups (broad SMARTS) is 1. The highest BCUT2D eigenvalue weighted by molar-refractivity contribution is 6.30. The second-order valence-electron chi connectivity index (χ2n) is 6.60. The lowest BCUT2D eigenvalue weighted by atomic mass is 10.0. The van der Waals surface area contributed by atoms with Gasteiger partial charge in [0.15, 0.2) is 11.7 Å². The maximum Gasteiger partial charge on any atom is 0.336 e. The fourth-order valence-electron chi connectivity index (χ4n) is 3.25. The van der Waals surface area contributed by atoms with Gasteiger partial charge in [-0.1, -0.05) is 48.0 Å². The summed E-state index contributed by atoms with van der Waals surface area (Å²) in [5.74, 6) is -1.93. The van der Waals surface area contributed by atoms with E-state index in [9.17, 15) is 14.7 Å². The minimum Gasteiger partial charge on any atom is -0.479 e. The number of carbonyl (C=O) groups excluding carboxylic acids is 1. The third-order valence-corrected chi connectivity index (χ3v) is 4.98. The van der Waals surface area contributed by atoms with Crippen molar-refractivity contribution in [3.8, 4) is 11.1 Å². The Bertz CT molecular complexity index is 848. The largest absolute Gasteiger partial charge is 0.479 e. The summed E-state index contributed by atoms with van der Waals surface area (Å²) in [7, 11) is 0. The molecule has 0 radical (unpaired) electrons. The van der Waals surface area contributed by atoms with Gasteiger partial charge in [0.25, 0.3) is 0 Å². The van der Waals surface area contributed by atoms with Gasteiger partial charge in [-0.2, -0.15) is 0 Å².